The van der Waals surface area contributed by atoms with Gasteiger partial charge in [-0.3, -0.25) is 4.79 Å². The number of carbonyl (C=O) groups is 1. The van der Waals surface area contributed by atoms with Gasteiger partial charge in [0.1, 0.15) is 0 Å². The molecule has 0 aliphatic carbocycles. The molecule has 2 rings (SSSR count). The SMILES string of the molecule is COc1cc(CSCC(=O)Nc2ccc(Cl)cc2)ccc1OC(F)F. The van der Waals surface area contributed by atoms with Crippen LogP contribution in [0, 0.1) is 0 Å². The molecule has 0 fully saturated rings. The summed E-state index contributed by atoms with van der Waals surface area (Å²) in [5, 5.41) is 3.36. The van der Waals surface area contributed by atoms with E-state index in [1.165, 1.54) is 24.9 Å². The van der Waals surface area contributed by atoms with Gasteiger partial charge >= 0.3 is 6.61 Å². The summed E-state index contributed by atoms with van der Waals surface area (Å²) in [6.07, 6.45) is 0. The van der Waals surface area contributed by atoms with Crippen LogP contribution >= 0.6 is 23.4 Å². The average Bonchev–Trinajstić information content (AvgIpc) is 2.57. The standard InChI is InChI=1S/C17H16ClF2NO3S/c1-23-15-8-11(2-7-14(15)24-17(19)20)9-25-10-16(22)21-13-5-3-12(18)4-6-13/h2-8,17H,9-10H2,1H3,(H,21,22). The number of halogens is 3. The molecule has 0 saturated heterocycles. The molecule has 0 radical (unpaired) electrons. The zero-order chi connectivity index (χ0) is 18.2. The number of carbonyl (C=O) groups excluding carboxylic acids is 1. The zero-order valence-corrected chi connectivity index (χ0v) is 14.9. The Balaban J connectivity index is 1.84. The predicted molar refractivity (Wildman–Crippen MR) is 95.9 cm³/mol. The monoisotopic (exact) mass is 387 g/mol. The highest BCUT2D eigenvalue weighted by Gasteiger charge is 2.11. The summed E-state index contributed by atoms with van der Waals surface area (Å²) in [4.78, 5) is 11.9. The third-order valence-electron chi connectivity index (χ3n) is 3.07. The van der Waals surface area contributed by atoms with Crippen molar-refractivity contribution in [1.82, 2.24) is 0 Å². The van der Waals surface area contributed by atoms with E-state index in [0.29, 0.717) is 16.5 Å². The number of benzene rings is 2. The molecule has 1 amide bonds. The van der Waals surface area contributed by atoms with Gasteiger partial charge in [0.15, 0.2) is 11.5 Å². The summed E-state index contributed by atoms with van der Waals surface area (Å²) in [5.41, 5.74) is 1.51. The zero-order valence-electron chi connectivity index (χ0n) is 13.3. The first-order chi connectivity index (χ1) is 12.0. The molecule has 8 heteroatoms. The van der Waals surface area contributed by atoms with Gasteiger partial charge in [-0.15, -0.1) is 11.8 Å². The van der Waals surface area contributed by atoms with E-state index in [2.05, 4.69) is 10.1 Å². The fourth-order valence-electron chi connectivity index (χ4n) is 1.99. The number of thioether (sulfide) groups is 1. The Kier molecular flexibility index (Phi) is 7.33. The summed E-state index contributed by atoms with van der Waals surface area (Å²) in [7, 11) is 1.38. The fraction of sp³-hybridized carbons (Fsp3) is 0.235. The van der Waals surface area contributed by atoms with Crippen LogP contribution < -0.4 is 14.8 Å². The molecule has 0 saturated carbocycles. The Hall–Kier alpha value is -1.99. The molecular formula is C17H16ClF2NO3S. The second-order valence-electron chi connectivity index (χ2n) is 4.91. The second kappa shape index (κ2) is 9.48. The molecule has 25 heavy (non-hydrogen) atoms. The quantitative estimate of drug-likeness (QED) is 0.705. The van der Waals surface area contributed by atoms with Crippen LogP contribution in [0.3, 0.4) is 0 Å². The lowest BCUT2D eigenvalue weighted by atomic mass is 10.2. The highest BCUT2D eigenvalue weighted by molar-refractivity contribution is 7.99. The average molecular weight is 388 g/mol. The fourth-order valence-corrected chi connectivity index (χ4v) is 2.89. The van der Waals surface area contributed by atoms with Crippen LogP contribution in [0.25, 0.3) is 0 Å². The van der Waals surface area contributed by atoms with E-state index in [-0.39, 0.29) is 23.2 Å². The number of rotatable bonds is 8. The van der Waals surface area contributed by atoms with Crippen molar-refractivity contribution in [3.05, 3.63) is 53.1 Å². The van der Waals surface area contributed by atoms with Gasteiger partial charge < -0.3 is 14.8 Å². The van der Waals surface area contributed by atoms with E-state index in [0.717, 1.165) is 5.56 Å². The molecule has 2 aromatic rings. The molecule has 134 valence electrons. The maximum Gasteiger partial charge on any atom is 0.387 e. The number of methoxy groups -OCH3 is 1. The Bertz CT molecular complexity index is 714. The van der Waals surface area contributed by atoms with Gasteiger partial charge in [-0.2, -0.15) is 8.78 Å². The lowest BCUT2D eigenvalue weighted by Crippen LogP contribution is -2.14. The predicted octanol–water partition coefficient (Wildman–Crippen LogP) is 4.82. The van der Waals surface area contributed by atoms with Crippen molar-refractivity contribution >= 4 is 35.0 Å². The van der Waals surface area contributed by atoms with Gasteiger partial charge in [0.2, 0.25) is 5.91 Å². The summed E-state index contributed by atoms with van der Waals surface area (Å²) in [6, 6.07) is 11.5. The molecule has 0 spiro atoms. The smallest absolute Gasteiger partial charge is 0.387 e. The summed E-state index contributed by atoms with van der Waals surface area (Å²) in [6.45, 7) is -2.91. The topological polar surface area (TPSA) is 47.6 Å². The highest BCUT2D eigenvalue weighted by atomic mass is 35.5. The number of anilines is 1. The van der Waals surface area contributed by atoms with E-state index >= 15 is 0 Å². The Morgan fingerprint density at radius 2 is 1.92 bits per heavy atom. The Morgan fingerprint density at radius 1 is 1.20 bits per heavy atom. The van der Waals surface area contributed by atoms with Crippen molar-refractivity contribution in [3.8, 4) is 11.5 Å². The van der Waals surface area contributed by atoms with Gasteiger partial charge in [-0.1, -0.05) is 17.7 Å². The molecule has 0 unspecified atom stereocenters. The second-order valence-corrected chi connectivity index (χ2v) is 6.33. The molecule has 4 nitrogen and oxygen atoms in total. The van der Waals surface area contributed by atoms with E-state index in [9.17, 15) is 13.6 Å². The van der Waals surface area contributed by atoms with Gasteiger partial charge in [-0.05, 0) is 42.0 Å². The third-order valence-corrected chi connectivity index (χ3v) is 4.33. The highest BCUT2D eigenvalue weighted by Crippen LogP contribution is 2.30. The molecule has 0 aromatic heterocycles. The molecular weight excluding hydrogens is 372 g/mol. The maximum absolute atomic E-state index is 12.3. The van der Waals surface area contributed by atoms with Crippen LogP contribution in [0.4, 0.5) is 14.5 Å². The maximum atomic E-state index is 12.3. The summed E-state index contributed by atoms with van der Waals surface area (Å²) < 4.78 is 34.0. The minimum absolute atomic E-state index is 0.0215. The molecule has 0 aliphatic rings. The van der Waals surface area contributed by atoms with Crippen molar-refractivity contribution < 1.29 is 23.0 Å². The molecule has 0 aliphatic heterocycles. The van der Waals surface area contributed by atoms with E-state index < -0.39 is 6.61 Å². The van der Waals surface area contributed by atoms with Crippen LogP contribution in [-0.4, -0.2) is 25.4 Å². The van der Waals surface area contributed by atoms with Crippen molar-refractivity contribution in [3.63, 3.8) is 0 Å². The van der Waals surface area contributed by atoms with Gasteiger partial charge in [0.05, 0.1) is 12.9 Å². The number of hydrogen-bond acceptors (Lipinski definition) is 4. The molecule has 1 N–H and O–H groups in total. The number of alkyl halides is 2. The molecule has 0 bridgehead atoms. The molecule has 0 heterocycles. The van der Waals surface area contributed by atoms with Crippen molar-refractivity contribution in [2.75, 3.05) is 18.2 Å². The number of hydrogen-bond donors (Lipinski definition) is 1. The Morgan fingerprint density at radius 3 is 2.56 bits per heavy atom. The van der Waals surface area contributed by atoms with Crippen LogP contribution in [0.1, 0.15) is 5.56 Å². The van der Waals surface area contributed by atoms with Crippen molar-refractivity contribution in [2.24, 2.45) is 0 Å². The largest absolute Gasteiger partial charge is 0.493 e. The number of nitrogens with one attached hydrogen (secondary N) is 1. The summed E-state index contributed by atoms with van der Waals surface area (Å²) >= 11 is 7.18. The first-order valence-electron chi connectivity index (χ1n) is 7.23. The van der Waals surface area contributed by atoms with Crippen LogP contribution in [0.2, 0.25) is 5.02 Å². The number of amides is 1. The van der Waals surface area contributed by atoms with Gasteiger partial charge in [0, 0.05) is 16.5 Å². The lowest BCUT2D eigenvalue weighted by molar-refractivity contribution is -0.113. The van der Waals surface area contributed by atoms with E-state index in [4.69, 9.17) is 16.3 Å². The molecule has 0 atom stereocenters. The first-order valence-corrected chi connectivity index (χ1v) is 8.76. The third kappa shape index (κ3) is 6.43. The number of ether oxygens (including phenoxy) is 2. The lowest BCUT2D eigenvalue weighted by Gasteiger charge is -2.11. The normalized spacial score (nSPS) is 10.6. The Labute approximate surface area is 153 Å². The van der Waals surface area contributed by atoms with Crippen LogP contribution in [0.15, 0.2) is 42.5 Å². The molecule has 2 aromatic carbocycles. The van der Waals surface area contributed by atoms with E-state index in [1.54, 1.807) is 36.4 Å². The van der Waals surface area contributed by atoms with Crippen molar-refractivity contribution in [1.29, 1.82) is 0 Å². The van der Waals surface area contributed by atoms with Crippen LogP contribution in [0.5, 0.6) is 11.5 Å². The van der Waals surface area contributed by atoms with Crippen LogP contribution in [-0.2, 0) is 10.5 Å². The summed E-state index contributed by atoms with van der Waals surface area (Å²) in [5.74, 6) is 0.840. The van der Waals surface area contributed by atoms with Gasteiger partial charge in [-0.25, -0.2) is 0 Å². The van der Waals surface area contributed by atoms with Crippen molar-refractivity contribution in [2.45, 2.75) is 12.4 Å². The minimum Gasteiger partial charge on any atom is -0.493 e. The minimum atomic E-state index is -2.91. The van der Waals surface area contributed by atoms with Gasteiger partial charge in [0.25, 0.3) is 0 Å². The van der Waals surface area contributed by atoms with E-state index in [1.807, 2.05) is 0 Å². The first kappa shape index (κ1) is 19.3.